The number of rotatable bonds is 3. The summed E-state index contributed by atoms with van der Waals surface area (Å²) in [5, 5.41) is 10.2. The van der Waals surface area contributed by atoms with E-state index in [0.717, 1.165) is 11.8 Å². The van der Waals surface area contributed by atoms with Crippen molar-refractivity contribution < 1.29 is 18.3 Å². The number of sulfone groups is 1. The van der Waals surface area contributed by atoms with Crippen molar-refractivity contribution in [3.05, 3.63) is 29.3 Å². The lowest BCUT2D eigenvalue weighted by Crippen LogP contribution is -2.66. The van der Waals surface area contributed by atoms with Crippen LogP contribution in [-0.2, 0) is 9.84 Å². The van der Waals surface area contributed by atoms with Crippen LogP contribution in [0.3, 0.4) is 0 Å². The zero-order chi connectivity index (χ0) is 16.0. The van der Waals surface area contributed by atoms with Gasteiger partial charge in [0.05, 0.1) is 18.0 Å². The number of carbonyl (C=O) groups is 1. The first-order valence-corrected chi connectivity index (χ1v) is 8.76. The second-order valence-electron chi connectivity index (χ2n) is 6.17. The number of hydrogen-bond acceptors (Lipinski definition) is 4. The van der Waals surface area contributed by atoms with Crippen LogP contribution in [0.1, 0.15) is 29.8 Å². The molecule has 6 heteroatoms. The quantitative estimate of drug-likeness (QED) is 0.911. The molecule has 1 aromatic rings. The van der Waals surface area contributed by atoms with Crippen LogP contribution in [0.5, 0.6) is 0 Å². The summed E-state index contributed by atoms with van der Waals surface area (Å²) in [5.74, 6) is -0.159. The Morgan fingerprint density at radius 2 is 1.90 bits per heavy atom. The Balaban J connectivity index is 2.26. The van der Waals surface area contributed by atoms with Crippen LogP contribution < -0.4 is 0 Å². The molecule has 1 amide bonds. The van der Waals surface area contributed by atoms with E-state index in [2.05, 4.69) is 0 Å². The lowest BCUT2D eigenvalue weighted by Gasteiger charge is -2.49. The molecule has 1 aromatic carbocycles. The second-order valence-corrected chi connectivity index (χ2v) is 8.18. The molecule has 5 nitrogen and oxygen atoms in total. The maximum atomic E-state index is 12.5. The summed E-state index contributed by atoms with van der Waals surface area (Å²) < 4.78 is 23.2. The van der Waals surface area contributed by atoms with Crippen molar-refractivity contribution in [2.45, 2.75) is 31.3 Å². The second kappa shape index (κ2) is 5.10. The monoisotopic (exact) mass is 311 g/mol. The summed E-state index contributed by atoms with van der Waals surface area (Å²) in [4.78, 5) is 14.1. The summed E-state index contributed by atoms with van der Waals surface area (Å²) in [6.45, 7) is 6.17. The van der Waals surface area contributed by atoms with Gasteiger partial charge in [-0.1, -0.05) is 19.9 Å². The van der Waals surface area contributed by atoms with Crippen LogP contribution in [0.2, 0.25) is 0 Å². The minimum Gasteiger partial charge on any atom is -0.386 e. The van der Waals surface area contributed by atoms with E-state index in [1.165, 1.54) is 12.1 Å². The first kappa shape index (κ1) is 16.0. The highest BCUT2D eigenvalue weighted by atomic mass is 32.2. The molecule has 1 aliphatic rings. The summed E-state index contributed by atoms with van der Waals surface area (Å²) >= 11 is 0. The molecule has 1 fully saturated rings. The van der Waals surface area contributed by atoms with Crippen LogP contribution in [0, 0.1) is 12.8 Å². The number of carbonyl (C=O) groups excluding carboxylic acids is 1. The predicted molar refractivity (Wildman–Crippen MR) is 80.0 cm³/mol. The average Bonchev–Trinajstić information content (AvgIpc) is 2.33. The van der Waals surface area contributed by atoms with Gasteiger partial charge in [0.15, 0.2) is 9.84 Å². The Morgan fingerprint density at radius 1 is 1.33 bits per heavy atom. The summed E-state index contributed by atoms with van der Waals surface area (Å²) in [7, 11) is -3.35. The fourth-order valence-corrected chi connectivity index (χ4v) is 3.00. The Labute approximate surface area is 125 Å². The van der Waals surface area contributed by atoms with Gasteiger partial charge < -0.3 is 10.0 Å². The van der Waals surface area contributed by atoms with Crippen molar-refractivity contribution in [1.82, 2.24) is 4.90 Å². The number of benzene rings is 1. The van der Waals surface area contributed by atoms with Gasteiger partial charge in [0.25, 0.3) is 5.91 Å². The van der Waals surface area contributed by atoms with Crippen molar-refractivity contribution in [3.63, 3.8) is 0 Å². The molecular formula is C15H21NO4S. The third-order valence-corrected chi connectivity index (χ3v) is 5.27. The Hall–Kier alpha value is -1.40. The lowest BCUT2D eigenvalue weighted by atomic mass is 9.82. The van der Waals surface area contributed by atoms with Crippen LogP contribution >= 0.6 is 0 Å². The van der Waals surface area contributed by atoms with Gasteiger partial charge in [-0.05, 0) is 30.5 Å². The minimum atomic E-state index is -3.35. The van der Waals surface area contributed by atoms with Crippen molar-refractivity contribution in [2.24, 2.45) is 5.92 Å². The molecule has 1 aliphatic heterocycles. The van der Waals surface area contributed by atoms with Gasteiger partial charge in [-0.15, -0.1) is 0 Å². The fourth-order valence-electron chi connectivity index (χ4n) is 2.36. The third-order valence-electron chi connectivity index (χ3n) is 4.16. The van der Waals surface area contributed by atoms with Gasteiger partial charge in [0.1, 0.15) is 5.60 Å². The van der Waals surface area contributed by atoms with Crippen LogP contribution in [0.25, 0.3) is 0 Å². The third kappa shape index (κ3) is 2.96. The van der Waals surface area contributed by atoms with Gasteiger partial charge in [-0.25, -0.2) is 8.42 Å². The maximum absolute atomic E-state index is 12.5. The molecule has 21 heavy (non-hydrogen) atoms. The predicted octanol–water partition coefficient (Wildman–Crippen LogP) is 1.24. The van der Waals surface area contributed by atoms with E-state index in [0.29, 0.717) is 5.56 Å². The Bertz CT molecular complexity index is 673. The molecule has 0 saturated carbocycles. The van der Waals surface area contributed by atoms with E-state index in [9.17, 15) is 18.3 Å². The lowest BCUT2D eigenvalue weighted by molar-refractivity contribution is -0.110. The van der Waals surface area contributed by atoms with Crippen LogP contribution in [0.15, 0.2) is 23.1 Å². The molecule has 1 N–H and O–H groups in total. The molecule has 0 bridgehead atoms. The topological polar surface area (TPSA) is 74.7 Å². The highest BCUT2D eigenvalue weighted by Crippen LogP contribution is 2.30. The van der Waals surface area contributed by atoms with Gasteiger partial charge in [0, 0.05) is 11.8 Å². The van der Waals surface area contributed by atoms with Crippen molar-refractivity contribution in [1.29, 1.82) is 0 Å². The van der Waals surface area contributed by atoms with E-state index in [1.54, 1.807) is 17.9 Å². The molecule has 0 atom stereocenters. The van der Waals surface area contributed by atoms with Crippen LogP contribution in [0.4, 0.5) is 0 Å². The molecule has 0 aromatic heterocycles. The number of likely N-dealkylation sites (tertiary alicyclic amines) is 1. The smallest absolute Gasteiger partial charge is 0.254 e. The van der Waals surface area contributed by atoms with Gasteiger partial charge >= 0.3 is 0 Å². The number of β-amino-alcohol motifs (C(OH)–C–C–N with tert-alkyl or cyclic N) is 1. The van der Waals surface area contributed by atoms with E-state index in [-0.39, 0.29) is 29.8 Å². The minimum absolute atomic E-state index is 0.0741. The molecule has 0 aliphatic carbocycles. The van der Waals surface area contributed by atoms with Crippen molar-refractivity contribution in [3.8, 4) is 0 Å². The summed E-state index contributed by atoms with van der Waals surface area (Å²) in [6.07, 6.45) is 1.12. The molecule has 1 saturated heterocycles. The zero-order valence-corrected chi connectivity index (χ0v) is 13.6. The number of amides is 1. The van der Waals surface area contributed by atoms with Crippen LogP contribution in [-0.4, -0.2) is 49.3 Å². The summed E-state index contributed by atoms with van der Waals surface area (Å²) in [6, 6.07) is 4.56. The van der Waals surface area contributed by atoms with Crippen molar-refractivity contribution >= 4 is 15.7 Å². The molecule has 1 heterocycles. The number of aryl methyl sites for hydroxylation is 1. The molecular weight excluding hydrogens is 290 g/mol. The number of hydrogen-bond donors (Lipinski definition) is 1. The maximum Gasteiger partial charge on any atom is 0.254 e. The standard InChI is InChI=1S/C15H21NO4S/c1-10(2)15(18)8-16(9-15)14(17)13-7-12(21(4,19)20)6-5-11(13)3/h5-7,10,18H,8-9H2,1-4H3. The number of nitrogens with zero attached hydrogens (tertiary/aromatic N) is 1. The van der Waals surface area contributed by atoms with Gasteiger partial charge in [0.2, 0.25) is 0 Å². The fraction of sp³-hybridized carbons (Fsp3) is 0.533. The zero-order valence-electron chi connectivity index (χ0n) is 12.8. The molecule has 0 unspecified atom stereocenters. The van der Waals surface area contributed by atoms with E-state index in [4.69, 9.17) is 0 Å². The van der Waals surface area contributed by atoms with E-state index >= 15 is 0 Å². The highest BCUT2D eigenvalue weighted by Gasteiger charge is 2.46. The SMILES string of the molecule is Cc1ccc(S(C)(=O)=O)cc1C(=O)N1CC(O)(C(C)C)C1. The molecule has 0 spiro atoms. The number of aliphatic hydroxyl groups is 1. The Morgan fingerprint density at radius 3 is 2.38 bits per heavy atom. The highest BCUT2D eigenvalue weighted by molar-refractivity contribution is 7.90. The van der Waals surface area contributed by atoms with Crippen molar-refractivity contribution in [2.75, 3.05) is 19.3 Å². The van der Waals surface area contributed by atoms with E-state index < -0.39 is 15.4 Å². The molecule has 116 valence electrons. The molecule has 0 radical (unpaired) electrons. The first-order valence-electron chi connectivity index (χ1n) is 6.87. The average molecular weight is 311 g/mol. The summed E-state index contributed by atoms with van der Waals surface area (Å²) in [5.41, 5.74) is 0.272. The largest absolute Gasteiger partial charge is 0.386 e. The first-order chi connectivity index (χ1) is 9.54. The van der Waals surface area contributed by atoms with Gasteiger partial charge in [-0.3, -0.25) is 4.79 Å². The molecule has 2 rings (SSSR count). The normalized spacial score (nSPS) is 17.7. The van der Waals surface area contributed by atoms with Gasteiger partial charge in [-0.2, -0.15) is 0 Å². The van der Waals surface area contributed by atoms with E-state index in [1.807, 2.05) is 13.8 Å². The Kier molecular flexibility index (Phi) is 3.88.